The van der Waals surface area contributed by atoms with Gasteiger partial charge in [0.15, 0.2) is 12.2 Å². The Morgan fingerprint density at radius 2 is 0.670 bits per heavy atom. The van der Waals surface area contributed by atoms with Crippen LogP contribution in [-0.4, -0.2) is 96.7 Å². The summed E-state index contributed by atoms with van der Waals surface area (Å²) in [5, 5.41) is 10.6. The van der Waals surface area contributed by atoms with Gasteiger partial charge in [-0.05, 0) is 69.1 Å². The molecule has 0 spiro atoms. The molecule has 0 aliphatic rings. The standard InChI is InChI=1S/C69H130O17P2/c1-8-11-12-13-14-15-16-17-18-19-20-24-27-38-45-52-68(73)85-64(56-79-66(71)50-43-36-31-29-33-40-47-60(4)5)58-83-87(75,76)81-54-63(70)55-82-88(77,78)84-59-65(57-80-67(72)51-44-37-32-30-35-42-49-62(7)10-3)86-69(74)53-46-39-28-25-22-21-23-26-34-41-48-61(6)9-2/h15-18,60-65,70H,8-14,19-59H2,1-7H3,(H,75,76)(H,77,78)/b16-15-,18-17-/t61?,62?,63-,64-,65-/m1/s1. The molecule has 0 aromatic carbocycles. The average molecular weight is 1290 g/mol. The number of phosphoric acid groups is 2. The molecule has 88 heavy (non-hydrogen) atoms. The first-order valence-electron chi connectivity index (χ1n) is 35.2. The van der Waals surface area contributed by atoms with Crippen LogP contribution in [0.1, 0.15) is 318 Å². The molecule has 0 radical (unpaired) electrons. The van der Waals surface area contributed by atoms with E-state index in [1.165, 1.54) is 103 Å². The number of hydrogen-bond donors (Lipinski definition) is 3. The summed E-state index contributed by atoms with van der Waals surface area (Å²) in [5.74, 6) is 0.0442. The number of hydrogen-bond acceptors (Lipinski definition) is 15. The van der Waals surface area contributed by atoms with Gasteiger partial charge in [-0.1, -0.05) is 265 Å². The highest BCUT2D eigenvalue weighted by molar-refractivity contribution is 7.47. The van der Waals surface area contributed by atoms with Crippen molar-refractivity contribution in [3.05, 3.63) is 24.3 Å². The van der Waals surface area contributed by atoms with Gasteiger partial charge in [0.1, 0.15) is 19.3 Å². The Hall–Kier alpha value is -2.46. The highest BCUT2D eigenvalue weighted by atomic mass is 31.2. The molecule has 0 heterocycles. The van der Waals surface area contributed by atoms with Crippen LogP contribution in [-0.2, 0) is 65.4 Å². The number of carbonyl (C=O) groups is 4. The summed E-state index contributed by atoms with van der Waals surface area (Å²) < 4.78 is 68.1. The molecule has 17 nitrogen and oxygen atoms in total. The zero-order valence-electron chi connectivity index (χ0n) is 56.7. The lowest BCUT2D eigenvalue weighted by Gasteiger charge is -2.21. The molecule has 518 valence electrons. The number of phosphoric ester groups is 2. The first-order chi connectivity index (χ1) is 42.3. The van der Waals surface area contributed by atoms with Gasteiger partial charge in [-0.25, -0.2) is 9.13 Å². The molecule has 0 amide bonds. The summed E-state index contributed by atoms with van der Waals surface area (Å²) >= 11 is 0. The van der Waals surface area contributed by atoms with Gasteiger partial charge in [-0.3, -0.25) is 37.3 Å². The second-order valence-corrected chi connectivity index (χ2v) is 28.1. The molecule has 0 saturated carbocycles. The molecule has 19 heteroatoms. The Labute approximate surface area is 535 Å². The third-order valence-electron chi connectivity index (χ3n) is 16.0. The van der Waals surface area contributed by atoms with Crippen LogP contribution >= 0.6 is 15.6 Å². The SMILES string of the molecule is CCCCCC/C=C\C=C/CCCCCCCC(=O)O[C@H](COC(=O)CCCCCCCCC(C)C)COP(=O)(O)OC[C@@H](O)COP(=O)(O)OC[C@@H](COC(=O)CCCCCCCCC(C)CC)OC(=O)CCCCCCCCCCCCC(C)CC. The minimum atomic E-state index is -4.96. The minimum absolute atomic E-state index is 0.0833. The van der Waals surface area contributed by atoms with Gasteiger partial charge in [0, 0.05) is 25.7 Å². The van der Waals surface area contributed by atoms with Gasteiger partial charge in [0.2, 0.25) is 0 Å². The molecule has 0 saturated heterocycles. The van der Waals surface area contributed by atoms with E-state index in [9.17, 15) is 43.2 Å². The molecule has 4 unspecified atom stereocenters. The quantitative estimate of drug-likeness (QED) is 0.0169. The van der Waals surface area contributed by atoms with Crippen molar-refractivity contribution in [2.75, 3.05) is 39.6 Å². The Balaban J connectivity index is 5.28. The maximum Gasteiger partial charge on any atom is 0.472 e. The first-order valence-corrected chi connectivity index (χ1v) is 38.2. The maximum absolute atomic E-state index is 13.0. The lowest BCUT2D eigenvalue weighted by Crippen LogP contribution is -2.30. The van der Waals surface area contributed by atoms with Crippen molar-refractivity contribution in [3.63, 3.8) is 0 Å². The summed E-state index contributed by atoms with van der Waals surface area (Å²) in [6.07, 6.45) is 45.4. The second kappa shape index (κ2) is 59.5. The molecular weight excluding hydrogens is 1160 g/mol. The Kier molecular flexibility index (Phi) is 57.9. The van der Waals surface area contributed by atoms with Crippen molar-refractivity contribution in [2.24, 2.45) is 17.8 Å². The van der Waals surface area contributed by atoms with Crippen LogP contribution in [0.5, 0.6) is 0 Å². The Bertz CT molecular complexity index is 1830. The van der Waals surface area contributed by atoms with Crippen molar-refractivity contribution >= 4 is 39.5 Å². The number of ether oxygens (including phenoxy) is 4. The predicted molar refractivity (Wildman–Crippen MR) is 354 cm³/mol. The number of aliphatic hydroxyl groups is 1. The summed E-state index contributed by atoms with van der Waals surface area (Å²) in [4.78, 5) is 72.4. The van der Waals surface area contributed by atoms with Crippen molar-refractivity contribution in [2.45, 2.75) is 336 Å². The van der Waals surface area contributed by atoms with E-state index in [0.29, 0.717) is 31.6 Å². The fourth-order valence-corrected chi connectivity index (χ4v) is 11.3. The van der Waals surface area contributed by atoms with Crippen LogP contribution in [0, 0.1) is 17.8 Å². The van der Waals surface area contributed by atoms with Crippen LogP contribution in [0.2, 0.25) is 0 Å². The van der Waals surface area contributed by atoms with Crippen LogP contribution in [0.3, 0.4) is 0 Å². The number of carbonyl (C=O) groups excluding carboxylic acids is 4. The molecule has 0 aromatic rings. The molecule has 0 rings (SSSR count). The zero-order valence-corrected chi connectivity index (χ0v) is 58.5. The van der Waals surface area contributed by atoms with Crippen LogP contribution in [0.4, 0.5) is 0 Å². The van der Waals surface area contributed by atoms with Gasteiger partial charge in [0.05, 0.1) is 26.4 Å². The van der Waals surface area contributed by atoms with Crippen LogP contribution in [0.15, 0.2) is 24.3 Å². The van der Waals surface area contributed by atoms with Crippen molar-refractivity contribution < 1.29 is 80.2 Å². The third kappa shape index (κ3) is 59.8. The largest absolute Gasteiger partial charge is 0.472 e. The Morgan fingerprint density at radius 3 is 1.01 bits per heavy atom. The lowest BCUT2D eigenvalue weighted by atomic mass is 9.99. The topological polar surface area (TPSA) is 237 Å². The molecule has 0 bridgehead atoms. The van der Waals surface area contributed by atoms with Gasteiger partial charge in [-0.15, -0.1) is 0 Å². The van der Waals surface area contributed by atoms with E-state index in [4.69, 9.17) is 37.0 Å². The number of unbranched alkanes of at least 4 members (excludes halogenated alkanes) is 28. The van der Waals surface area contributed by atoms with E-state index in [2.05, 4.69) is 72.8 Å². The van der Waals surface area contributed by atoms with E-state index in [1.807, 2.05) is 0 Å². The number of aliphatic hydroxyl groups excluding tert-OH is 1. The fraction of sp³-hybridized carbons (Fsp3) is 0.884. The summed E-state index contributed by atoms with van der Waals surface area (Å²) in [6.45, 7) is 11.7. The minimum Gasteiger partial charge on any atom is -0.462 e. The number of rotatable bonds is 65. The van der Waals surface area contributed by atoms with Gasteiger partial charge in [-0.2, -0.15) is 0 Å². The average Bonchev–Trinajstić information content (AvgIpc) is 3.64. The van der Waals surface area contributed by atoms with E-state index in [-0.39, 0.29) is 25.7 Å². The molecule has 0 aromatic heterocycles. The molecule has 3 N–H and O–H groups in total. The molecule has 0 aliphatic carbocycles. The van der Waals surface area contributed by atoms with E-state index in [1.54, 1.807) is 0 Å². The molecular formula is C69H130O17P2. The van der Waals surface area contributed by atoms with Crippen LogP contribution < -0.4 is 0 Å². The summed E-state index contributed by atoms with van der Waals surface area (Å²) in [5.41, 5.74) is 0. The van der Waals surface area contributed by atoms with E-state index < -0.39 is 97.5 Å². The summed E-state index contributed by atoms with van der Waals surface area (Å²) in [6, 6.07) is 0. The van der Waals surface area contributed by atoms with Gasteiger partial charge >= 0.3 is 39.5 Å². The number of esters is 4. The summed E-state index contributed by atoms with van der Waals surface area (Å²) in [7, 11) is -9.91. The van der Waals surface area contributed by atoms with Crippen LogP contribution in [0.25, 0.3) is 0 Å². The monoisotopic (exact) mass is 1290 g/mol. The second-order valence-electron chi connectivity index (χ2n) is 25.2. The maximum atomic E-state index is 13.0. The molecule has 7 atom stereocenters. The predicted octanol–water partition coefficient (Wildman–Crippen LogP) is 19.0. The van der Waals surface area contributed by atoms with Crippen molar-refractivity contribution in [1.29, 1.82) is 0 Å². The highest BCUT2D eigenvalue weighted by Gasteiger charge is 2.30. The van der Waals surface area contributed by atoms with E-state index in [0.717, 1.165) is 127 Å². The first kappa shape index (κ1) is 85.5. The van der Waals surface area contributed by atoms with Crippen molar-refractivity contribution in [3.8, 4) is 0 Å². The van der Waals surface area contributed by atoms with E-state index >= 15 is 0 Å². The third-order valence-corrected chi connectivity index (χ3v) is 17.9. The molecule has 0 aliphatic heterocycles. The highest BCUT2D eigenvalue weighted by Crippen LogP contribution is 2.45. The normalized spacial score (nSPS) is 15.0. The van der Waals surface area contributed by atoms with Gasteiger partial charge < -0.3 is 33.8 Å². The Morgan fingerprint density at radius 1 is 0.375 bits per heavy atom. The van der Waals surface area contributed by atoms with Gasteiger partial charge in [0.25, 0.3) is 0 Å². The lowest BCUT2D eigenvalue weighted by molar-refractivity contribution is -0.161. The van der Waals surface area contributed by atoms with Crippen molar-refractivity contribution in [1.82, 2.24) is 0 Å². The molecule has 0 fully saturated rings. The fourth-order valence-electron chi connectivity index (χ4n) is 9.76. The number of allylic oxidation sites excluding steroid dienone is 4. The smallest absolute Gasteiger partial charge is 0.462 e. The zero-order chi connectivity index (χ0) is 65.2.